The van der Waals surface area contributed by atoms with Crippen LogP contribution in [0, 0.1) is 6.92 Å². The number of aryl methyl sites for hydroxylation is 1. The van der Waals surface area contributed by atoms with Crippen LogP contribution in [0.4, 0.5) is 5.82 Å². The Morgan fingerprint density at radius 1 is 1.24 bits per heavy atom. The van der Waals surface area contributed by atoms with Gasteiger partial charge in [0, 0.05) is 17.2 Å². The Morgan fingerprint density at radius 3 is 2.76 bits per heavy atom. The lowest BCUT2D eigenvalue weighted by Crippen LogP contribution is -2.25. The standard InChI is InChI=1S/C24H26N4O5/c1-14-5-6-16(24(32)27-17-7-8-17)10-21(14)28-23(25)20(11-26-28)22(31)15-3-2-4-19(9-15)33-13-18(30)12-29/h2-6,9-11,17-18,29-30H,7-8,12-13,25H2,1H3,(H,27,32). The van der Waals surface area contributed by atoms with Crippen LogP contribution in [0.5, 0.6) is 5.75 Å². The summed E-state index contributed by atoms with van der Waals surface area (Å²) in [5.41, 5.74) is 8.83. The molecule has 1 aliphatic carbocycles. The van der Waals surface area contributed by atoms with E-state index in [-0.39, 0.29) is 35.7 Å². The number of nitrogen functional groups attached to an aromatic ring is 1. The fraction of sp³-hybridized carbons (Fsp3) is 0.292. The van der Waals surface area contributed by atoms with Crippen molar-refractivity contribution in [1.29, 1.82) is 0 Å². The summed E-state index contributed by atoms with van der Waals surface area (Å²) in [5, 5.41) is 25.6. The number of aliphatic hydroxyl groups excluding tert-OH is 2. The predicted octanol–water partition coefficient (Wildman–Crippen LogP) is 1.62. The van der Waals surface area contributed by atoms with Crippen molar-refractivity contribution in [2.45, 2.75) is 31.9 Å². The molecule has 0 radical (unpaired) electrons. The number of carbonyl (C=O) groups excluding carboxylic acids is 2. The highest BCUT2D eigenvalue weighted by atomic mass is 16.5. The lowest BCUT2D eigenvalue weighted by atomic mass is 10.1. The Hall–Kier alpha value is -3.69. The molecule has 172 valence electrons. The number of nitrogens with zero attached hydrogens (tertiary/aromatic N) is 2. The Kier molecular flexibility index (Phi) is 6.43. The van der Waals surface area contributed by atoms with Gasteiger partial charge in [0.1, 0.15) is 24.3 Å². The summed E-state index contributed by atoms with van der Waals surface area (Å²) in [7, 11) is 0. The van der Waals surface area contributed by atoms with Crippen LogP contribution in [0.2, 0.25) is 0 Å². The number of hydrogen-bond acceptors (Lipinski definition) is 7. The summed E-state index contributed by atoms with van der Waals surface area (Å²) >= 11 is 0. The lowest BCUT2D eigenvalue weighted by Gasteiger charge is -2.12. The zero-order valence-electron chi connectivity index (χ0n) is 18.2. The van der Waals surface area contributed by atoms with Crippen molar-refractivity contribution < 1.29 is 24.5 Å². The van der Waals surface area contributed by atoms with Crippen molar-refractivity contribution >= 4 is 17.5 Å². The molecule has 0 saturated heterocycles. The van der Waals surface area contributed by atoms with Crippen molar-refractivity contribution in [2.24, 2.45) is 0 Å². The molecule has 1 heterocycles. The number of aliphatic hydroxyl groups is 2. The highest BCUT2D eigenvalue weighted by molar-refractivity contribution is 6.11. The van der Waals surface area contributed by atoms with Crippen LogP contribution < -0.4 is 15.8 Å². The fourth-order valence-electron chi connectivity index (χ4n) is 3.33. The number of benzene rings is 2. The number of carbonyl (C=O) groups is 2. The Morgan fingerprint density at radius 2 is 2.03 bits per heavy atom. The third kappa shape index (κ3) is 5.05. The van der Waals surface area contributed by atoms with Crippen LogP contribution >= 0.6 is 0 Å². The van der Waals surface area contributed by atoms with Gasteiger partial charge in [0.15, 0.2) is 5.78 Å². The number of hydrogen-bond donors (Lipinski definition) is 4. The molecule has 1 atom stereocenters. The lowest BCUT2D eigenvalue weighted by molar-refractivity contribution is 0.0536. The molecule has 4 rings (SSSR count). The first-order valence-electron chi connectivity index (χ1n) is 10.7. The number of anilines is 1. The van der Waals surface area contributed by atoms with Crippen molar-refractivity contribution in [3.8, 4) is 11.4 Å². The maximum Gasteiger partial charge on any atom is 0.251 e. The molecule has 9 heteroatoms. The molecule has 0 spiro atoms. The summed E-state index contributed by atoms with van der Waals surface area (Å²) in [6, 6.07) is 12.0. The monoisotopic (exact) mass is 450 g/mol. The van der Waals surface area contributed by atoms with E-state index in [1.165, 1.54) is 16.9 Å². The van der Waals surface area contributed by atoms with Crippen LogP contribution in [0.15, 0.2) is 48.7 Å². The minimum absolute atomic E-state index is 0.0991. The average molecular weight is 450 g/mol. The third-order valence-corrected chi connectivity index (χ3v) is 5.41. The number of aromatic nitrogens is 2. The summed E-state index contributed by atoms with van der Waals surface area (Å²) < 4.78 is 6.87. The van der Waals surface area contributed by atoms with E-state index in [9.17, 15) is 14.7 Å². The third-order valence-electron chi connectivity index (χ3n) is 5.41. The zero-order valence-corrected chi connectivity index (χ0v) is 18.2. The smallest absolute Gasteiger partial charge is 0.251 e. The summed E-state index contributed by atoms with van der Waals surface area (Å²) in [6.07, 6.45) is 2.38. The van der Waals surface area contributed by atoms with E-state index in [2.05, 4.69) is 10.4 Å². The summed E-state index contributed by atoms with van der Waals surface area (Å²) in [5.74, 6) is 0.0468. The largest absolute Gasteiger partial charge is 0.491 e. The predicted molar refractivity (Wildman–Crippen MR) is 122 cm³/mol. The second-order valence-corrected chi connectivity index (χ2v) is 8.11. The molecule has 2 aromatic carbocycles. The van der Waals surface area contributed by atoms with Gasteiger partial charge in [-0.05, 0) is 49.6 Å². The van der Waals surface area contributed by atoms with Crippen LogP contribution in [-0.4, -0.2) is 57.0 Å². The maximum absolute atomic E-state index is 13.1. The normalized spacial score (nSPS) is 14.0. The highest BCUT2D eigenvalue weighted by Crippen LogP contribution is 2.25. The minimum atomic E-state index is -1.01. The molecule has 5 N–H and O–H groups in total. The molecule has 1 saturated carbocycles. The number of nitrogens with one attached hydrogen (secondary N) is 1. The number of nitrogens with two attached hydrogens (primary N) is 1. The Balaban J connectivity index is 1.58. The summed E-state index contributed by atoms with van der Waals surface area (Å²) in [4.78, 5) is 25.6. The van der Waals surface area contributed by atoms with E-state index >= 15 is 0 Å². The quantitative estimate of drug-likeness (QED) is 0.363. The van der Waals surface area contributed by atoms with Crippen LogP contribution in [0.25, 0.3) is 5.69 Å². The van der Waals surface area contributed by atoms with E-state index in [0.717, 1.165) is 18.4 Å². The van der Waals surface area contributed by atoms with Gasteiger partial charge in [-0.15, -0.1) is 0 Å². The number of ether oxygens (including phenoxy) is 1. The first-order chi connectivity index (χ1) is 15.9. The van der Waals surface area contributed by atoms with Crippen molar-refractivity contribution in [3.05, 3.63) is 70.9 Å². The van der Waals surface area contributed by atoms with Gasteiger partial charge < -0.3 is 26.0 Å². The first-order valence-corrected chi connectivity index (χ1v) is 10.7. The van der Waals surface area contributed by atoms with E-state index in [1.54, 1.807) is 30.3 Å². The van der Waals surface area contributed by atoms with E-state index in [4.69, 9.17) is 15.6 Å². The second kappa shape index (κ2) is 9.43. The molecule has 1 aromatic heterocycles. The molecule has 0 bridgehead atoms. The van der Waals surface area contributed by atoms with E-state index in [0.29, 0.717) is 22.6 Å². The minimum Gasteiger partial charge on any atom is -0.491 e. The van der Waals surface area contributed by atoms with E-state index in [1.807, 2.05) is 13.0 Å². The Bertz CT molecular complexity index is 1190. The molecule has 9 nitrogen and oxygen atoms in total. The van der Waals surface area contributed by atoms with Gasteiger partial charge in [-0.1, -0.05) is 18.2 Å². The molecular weight excluding hydrogens is 424 g/mol. The molecule has 33 heavy (non-hydrogen) atoms. The molecule has 0 aliphatic heterocycles. The maximum atomic E-state index is 13.1. The number of amides is 1. The number of rotatable bonds is 9. The van der Waals surface area contributed by atoms with Crippen LogP contribution in [0.1, 0.15) is 44.7 Å². The van der Waals surface area contributed by atoms with Gasteiger partial charge in [0.25, 0.3) is 5.91 Å². The molecule has 3 aromatic rings. The molecule has 1 aliphatic rings. The Labute approximate surface area is 190 Å². The van der Waals surface area contributed by atoms with Gasteiger partial charge in [-0.2, -0.15) is 5.10 Å². The van der Waals surface area contributed by atoms with Gasteiger partial charge >= 0.3 is 0 Å². The van der Waals surface area contributed by atoms with Crippen LogP contribution in [0.3, 0.4) is 0 Å². The fourth-order valence-corrected chi connectivity index (χ4v) is 3.33. The van der Waals surface area contributed by atoms with Crippen molar-refractivity contribution in [2.75, 3.05) is 18.9 Å². The topological polar surface area (TPSA) is 140 Å². The van der Waals surface area contributed by atoms with Gasteiger partial charge in [-0.25, -0.2) is 4.68 Å². The zero-order chi connectivity index (χ0) is 23.5. The van der Waals surface area contributed by atoms with Crippen LogP contribution in [-0.2, 0) is 0 Å². The molecule has 1 amide bonds. The number of ketones is 1. The second-order valence-electron chi connectivity index (χ2n) is 8.11. The highest BCUT2D eigenvalue weighted by Gasteiger charge is 2.24. The molecule has 1 fully saturated rings. The van der Waals surface area contributed by atoms with Gasteiger partial charge in [0.2, 0.25) is 0 Å². The molecule has 1 unspecified atom stereocenters. The van der Waals surface area contributed by atoms with Crippen molar-refractivity contribution in [3.63, 3.8) is 0 Å². The summed E-state index contributed by atoms with van der Waals surface area (Å²) in [6.45, 7) is 1.36. The average Bonchev–Trinajstić information content (AvgIpc) is 3.56. The first kappa shape index (κ1) is 22.5. The molecular formula is C24H26N4O5. The van der Waals surface area contributed by atoms with Crippen molar-refractivity contribution in [1.82, 2.24) is 15.1 Å². The van der Waals surface area contributed by atoms with E-state index < -0.39 is 12.7 Å². The SMILES string of the molecule is Cc1ccc(C(=O)NC2CC2)cc1-n1ncc(C(=O)c2cccc(OCC(O)CO)c2)c1N. The van der Waals surface area contributed by atoms with Gasteiger partial charge in [-0.3, -0.25) is 9.59 Å². The van der Waals surface area contributed by atoms with Gasteiger partial charge in [0.05, 0.1) is 24.1 Å².